The van der Waals surface area contributed by atoms with Gasteiger partial charge in [-0.2, -0.15) is 0 Å². The van der Waals surface area contributed by atoms with Gasteiger partial charge in [0, 0.05) is 24.9 Å². The first-order valence-corrected chi connectivity index (χ1v) is 10.7. The summed E-state index contributed by atoms with van der Waals surface area (Å²) in [5, 5.41) is 10.0. The molecule has 0 aromatic heterocycles. The third kappa shape index (κ3) is 1.72. The maximum Gasteiger partial charge on any atom is 0.223 e. The van der Waals surface area contributed by atoms with Crippen LogP contribution in [0.3, 0.4) is 0 Å². The van der Waals surface area contributed by atoms with Crippen LogP contribution >= 0.6 is 0 Å². The second-order valence-electron chi connectivity index (χ2n) is 9.91. The van der Waals surface area contributed by atoms with Crippen molar-refractivity contribution < 1.29 is 9.90 Å². The number of likely N-dealkylation sites (tertiary alicyclic amines) is 1. The average Bonchev–Trinajstić information content (AvgIpc) is 3.17. The molecule has 6 unspecified atom stereocenters. The van der Waals surface area contributed by atoms with Crippen LogP contribution in [0.4, 0.5) is 0 Å². The molecule has 4 saturated carbocycles. The van der Waals surface area contributed by atoms with Gasteiger partial charge in [-0.1, -0.05) is 30.3 Å². The first kappa shape index (κ1) is 15.7. The Morgan fingerprint density at radius 1 is 1.15 bits per heavy atom. The summed E-state index contributed by atoms with van der Waals surface area (Å²) in [6.45, 7) is 1.36. The number of β-amino-alcohol motifs (C(OH)–C–C–N with tert-alkyl or cyclic N) is 1. The molecule has 1 spiro atoms. The lowest BCUT2D eigenvalue weighted by Crippen LogP contribution is -2.74. The van der Waals surface area contributed by atoms with Gasteiger partial charge >= 0.3 is 0 Å². The average molecular weight is 351 g/mol. The summed E-state index contributed by atoms with van der Waals surface area (Å²) in [6.07, 6.45) is 7.71. The molecule has 1 heterocycles. The van der Waals surface area contributed by atoms with Crippen molar-refractivity contribution in [3.63, 3.8) is 0 Å². The lowest BCUT2D eigenvalue weighted by Gasteiger charge is -2.77. The second-order valence-corrected chi connectivity index (χ2v) is 9.91. The minimum absolute atomic E-state index is 0.0758. The number of piperidine rings is 1. The van der Waals surface area contributed by atoms with E-state index < -0.39 is 0 Å². The molecular formula is C23H29NO2. The van der Waals surface area contributed by atoms with Crippen molar-refractivity contribution in [1.82, 2.24) is 4.90 Å². The van der Waals surface area contributed by atoms with Crippen LogP contribution in [0.25, 0.3) is 0 Å². The van der Waals surface area contributed by atoms with Gasteiger partial charge in [0.1, 0.15) is 0 Å². The quantitative estimate of drug-likeness (QED) is 0.907. The molecule has 2 bridgehead atoms. The largest absolute Gasteiger partial charge is 0.391 e. The normalized spacial score (nSPS) is 47.9. The lowest BCUT2D eigenvalue weighted by atomic mass is 9.26. The van der Waals surface area contributed by atoms with Gasteiger partial charge in [-0.15, -0.1) is 0 Å². The monoisotopic (exact) mass is 351 g/mol. The Kier molecular flexibility index (Phi) is 3.09. The van der Waals surface area contributed by atoms with Crippen LogP contribution in [-0.4, -0.2) is 35.1 Å². The van der Waals surface area contributed by atoms with Crippen LogP contribution in [0.5, 0.6) is 0 Å². The van der Waals surface area contributed by atoms with E-state index in [9.17, 15) is 9.90 Å². The number of rotatable bonds is 3. The summed E-state index contributed by atoms with van der Waals surface area (Å²) in [7, 11) is 0. The Hall–Kier alpha value is -1.35. The number of carbonyl (C=O) groups excluding carboxylic acids is 1. The highest BCUT2D eigenvalue weighted by molar-refractivity contribution is 5.79. The molecule has 5 aliphatic rings. The summed E-state index contributed by atoms with van der Waals surface area (Å²) in [6, 6.07) is 11.0. The molecule has 138 valence electrons. The highest BCUT2D eigenvalue weighted by Gasteiger charge is 2.83. The van der Waals surface area contributed by atoms with Crippen LogP contribution < -0.4 is 0 Å². The van der Waals surface area contributed by atoms with Gasteiger partial charge < -0.3 is 10.0 Å². The third-order valence-electron chi connectivity index (χ3n) is 9.15. The van der Waals surface area contributed by atoms with E-state index in [1.54, 1.807) is 0 Å². The van der Waals surface area contributed by atoms with Gasteiger partial charge in [0.2, 0.25) is 5.91 Å². The Morgan fingerprint density at radius 3 is 2.73 bits per heavy atom. The van der Waals surface area contributed by atoms with Gasteiger partial charge in [0.25, 0.3) is 0 Å². The van der Waals surface area contributed by atoms with Gasteiger partial charge in [-0.05, 0) is 73.2 Å². The van der Waals surface area contributed by atoms with Crippen LogP contribution in [0.2, 0.25) is 0 Å². The topological polar surface area (TPSA) is 40.5 Å². The van der Waals surface area contributed by atoms with E-state index in [0.29, 0.717) is 18.4 Å². The number of hydrogen-bond donors (Lipinski definition) is 1. The molecule has 1 aromatic carbocycles. The van der Waals surface area contributed by atoms with Crippen molar-refractivity contribution in [2.24, 2.45) is 29.1 Å². The van der Waals surface area contributed by atoms with E-state index in [2.05, 4.69) is 30.3 Å². The zero-order chi connectivity index (χ0) is 17.5. The van der Waals surface area contributed by atoms with Crippen molar-refractivity contribution in [2.45, 2.75) is 56.5 Å². The summed E-state index contributed by atoms with van der Waals surface area (Å²) < 4.78 is 0. The minimum Gasteiger partial charge on any atom is -0.391 e. The molecule has 3 nitrogen and oxygen atoms in total. The fourth-order valence-corrected chi connectivity index (χ4v) is 8.43. The molecular weight excluding hydrogens is 322 g/mol. The maximum atomic E-state index is 13.3. The molecule has 5 fully saturated rings. The van der Waals surface area contributed by atoms with Crippen molar-refractivity contribution >= 4 is 5.91 Å². The van der Waals surface area contributed by atoms with E-state index in [4.69, 9.17) is 0 Å². The van der Waals surface area contributed by atoms with E-state index >= 15 is 0 Å². The molecule has 0 radical (unpaired) electrons. The Balaban J connectivity index is 1.35. The Labute approximate surface area is 155 Å². The number of amides is 1. The molecule has 4 aliphatic carbocycles. The van der Waals surface area contributed by atoms with E-state index in [1.807, 2.05) is 4.90 Å². The molecule has 1 N–H and O–H groups in total. The van der Waals surface area contributed by atoms with Crippen molar-refractivity contribution in [3.05, 3.63) is 35.9 Å². The first-order chi connectivity index (χ1) is 12.6. The summed E-state index contributed by atoms with van der Waals surface area (Å²) in [5.74, 6) is 3.61. The number of benzene rings is 1. The minimum atomic E-state index is -0.330. The van der Waals surface area contributed by atoms with Gasteiger partial charge in [0.15, 0.2) is 0 Å². The molecule has 6 rings (SSSR count). The maximum absolute atomic E-state index is 13.3. The fraction of sp³-hybridized carbons (Fsp3) is 0.696. The molecule has 7 atom stereocenters. The Morgan fingerprint density at radius 2 is 1.96 bits per heavy atom. The number of carbonyl (C=O) groups is 1. The Bertz CT molecular complexity index is 748. The molecule has 1 saturated heterocycles. The van der Waals surface area contributed by atoms with Gasteiger partial charge in [-0.3, -0.25) is 4.79 Å². The van der Waals surface area contributed by atoms with Crippen molar-refractivity contribution in [2.75, 3.05) is 13.1 Å². The molecule has 1 aliphatic heterocycles. The number of aliphatic hydroxyl groups is 1. The predicted molar refractivity (Wildman–Crippen MR) is 99.4 cm³/mol. The standard InChI is InChI=1S/C23H29NO2/c25-18-7-4-8-24(14-18)21(26)13-23(16-5-2-1-3-6-16)19-10-15-9-17-11-20(23)22(17,19)12-15/h1-3,5-6,15,17-20,25H,4,7-14H2/t15?,17?,18-,19?,20?,22?,23?/m0/s1. The van der Waals surface area contributed by atoms with Crippen LogP contribution in [-0.2, 0) is 10.2 Å². The van der Waals surface area contributed by atoms with E-state index in [1.165, 1.54) is 31.2 Å². The molecule has 1 amide bonds. The summed E-state index contributed by atoms with van der Waals surface area (Å²) in [4.78, 5) is 15.2. The lowest BCUT2D eigenvalue weighted by molar-refractivity contribution is -0.251. The van der Waals surface area contributed by atoms with Crippen molar-refractivity contribution in [1.29, 1.82) is 0 Å². The van der Waals surface area contributed by atoms with Gasteiger partial charge in [0.05, 0.1) is 6.10 Å². The third-order valence-corrected chi connectivity index (χ3v) is 9.15. The number of hydrogen-bond acceptors (Lipinski definition) is 2. The van der Waals surface area contributed by atoms with Crippen molar-refractivity contribution in [3.8, 4) is 0 Å². The fourth-order valence-electron chi connectivity index (χ4n) is 8.43. The van der Waals surface area contributed by atoms with E-state index in [0.717, 1.165) is 43.1 Å². The first-order valence-electron chi connectivity index (χ1n) is 10.7. The number of nitrogens with zero attached hydrogens (tertiary/aromatic N) is 1. The zero-order valence-corrected chi connectivity index (χ0v) is 15.4. The van der Waals surface area contributed by atoms with Crippen LogP contribution in [0.1, 0.15) is 50.5 Å². The number of aliphatic hydroxyl groups excluding tert-OH is 1. The highest BCUT2D eigenvalue weighted by atomic mass is 16.3. The van der Waals surface area contributed by atoms with Gasteiger partial charge in [-0.25, -0.2) is 0 Å². The predicted octanol–water partition coefficient (Wildman–Crippen LogP) is 3.36. The molecule has 26 heavy (non-hydrogen) atoms. The highest BCUT2D eigenvalue weighted by Crippen LogP contribution is 2.87. The summed E-state index contributed by atoms with van der Waals surface area (Å²) in [5.41, 5.74) is 2.09. The smallest absolute Gasteiger partial charge is 0.223 e. The molecule has 1 aromatic rings. The summed E-state index contributed by atoms with van der Waals surface area (Å²) >= 11 is 0. The number of fused-ring (bicyclic) bond motifs is 1. The zero-order valence-electron chi connectivity index (χ0n) is 15.4. The van der Waals surface area contributed by atoms with Crippen LogP contribution in [0, 0.1) is 29.1 Å². The molecule has 3 heteroatoms. The SMILES string of the molecule is O=C(CC1(c2ccccc2)C2CC3CC4CC1C42C3)N1CCC[C@H](O)C1. The van der Waals surface area contributed by atoms with E-state index in [-0.39, 0.29) is 17.4 Å². The second kappa shape index (κ2) is 5.13. The van der Waals surface area contributed by atoms with Crippen LogP contribution in [0.15, 0.2) is 30.3 Å².